The Morgan fingerprint density at radius 1 is 0.966 bits per heavy atom. The summed E-state index contributed by atoms with van der Waals surface area (Å²) >= 11 is 0. The highest BCUT2D eigenvalue weighted by molar-refractivity contribution is 14.0. The van der Waals surface area contributed by atoms with Gasteiger partial charge in [0.05, 0.1) is 20.8 Å². The monoisotopic (exact) mass is 513 g/mol. The minimum absolute atomic E-state index is 0. The van der Waals surface area contributed by atoms with Crippen molar-refractivity contribution >= 4 is 35.6 Å². The van der Waals surface area contributed by atoms with E-state index in [9.17, 15) is 0 Å². The Morgan fingerprint density at radius 2 is 1.72 bits per heavy atom. The molecule has 2 aromatic rings. The van der Waals surface area contributed by atoms with E-state index in [-0.39, 0.29) is 24.0 Å². The summed E-state index contributed by atoms with van der Waals surface area (Å²) in [6.07, 6.45) is 1.95. The second-order valence-corrected chi connectivity index (χ2v) is 6.20. The summed E-state index contributed by atoms with van der Waals surface area (Å²) in [5, 5.41) is 6.56. The molecule has 0 aromatic heterocycles. The van der Waals surface area contributed by atoms with Crippen molar-refractivity contribution in [2.24, 2.45) is 4.99 Å². The molecule has 0 aliphatic heterocycles. The van der Waals surface area contributed by atoms with E-state index in [2.05, 4.69) is 27.8 Å². The number of halogens is 1. The molecule has 0 spiro atoms. The highest BCUT2D eigenvalue weighted by Gasteiger charge is 2.06. The number of benzene rings is 2. The molecule has 0 saturated heterocycles. The number of unbranched alkanes of at least 4 members (excludes halogenated alkanes) is 1. The molecule has 0 fully saturated rings. The number of hydrogen-bond acceptors (Lipinski definition) is 4. The number of nitrogens with zero attached hydrogens (tertiary/aromatic N) is 1. The van der Waals surface area contributed by atoms with Crippen LogP contribution in [0.5, 0.6) is 11.5 Å². The fraction of sp³-hybridized carbons (Fsp3) is 0.409. The van der Waals surface area contributed by atoms with Gasteiger partial charge in [-0.2, -0.15) is 0 Å². The van der Waals surface area contributed by atoms with Gasteiger partial charge in [-0.3, -0.25) is 4.99 Å². The summed E-state index contributed by atoms with van der Waals surface area (Å²) in [4.78, 5) is 4.63. The summed E-state index contributed by atoms with van der Waals surface area (Å²) in [5.74, 6) is 2.13. The topological polar surface area (TPSA) is 64.1 Å². The molecule has 29 heavy (non-hydrogen) atoms. The molecule has 0 bridgehead atoms. The van der Waals surface area contributed by atoms with Crippen LogP contribution in [0.4, 0.5) is 5.69 Å². The van der Waals surface area contributed by atoms with Crippen LogP contribution in [-0.2, 0) is 11.3 Å². The number of methoxy groups -OCH3 is 2. The zero-order chi connectivity index (χ0) is 20.0. The number of aliphatic imine (C=N–C) groups is 1. The van der Waals surface area contributed by atoms with Gasteiger partial charge in [-0.25, -0.2) is 0 Å². The molecule has 0 heterocycles. The van der Waals surface area contributed by atoms with Crippen LogP contribution in [0.15, 0.2) is 53.5 Å². The van der Waals surface area contributed by atoms with Crippen molar-refractivity contribution in [3.8, 4) is 11.5 Å². The quantitative estimate of drug-likeness (QED) is 0.198. The van der Waals surface area contributed by atoms with Crippen molar-refractivity contribution in [2.75, 3.05) is 39.2 Å². The molecule has 2 aromatic carbocycles. The fourth-order valence-electron chi connectivity index (χ4n) is 2.63. The molecule has 160 valence electrons. The zero-order valence-electron chi connectivity index (χ0n) is 17.4. The van der Waals surface area contributed by atoms with Crippen LogP contribution in [-0.4, -0.2) is 39.9 Å². The van der Waals surface area contributed by atoms with E-state index in [0.717, 1.165) is 44.2 Å². The molecular formula is C22H32IN3O3. The van der Waals surface area contributed by atoms with Crippen LogP contribution in [0.2, 0.25) is 0 Å². The molecule has 0 unspecified atom stereocenters. The summed E-state index contributed by atoms with van der Waals surface area (Å²) < 4.78 is 16.3. The molecule has 0 amide bonds. The Hall–Kier alpha value is -2.00. The first kappa shape index (κ1) is 25.0. The van der Waals surface area contributed by atoms with Gasteiger partial charge in [0.15, 0.2) is 17.5 Å². The number of hydrogen-bond donors (Lipinski definition) is 2. The molecule has 7 heteroatoms. The predicted octanol–water partition coefficient (Wildman–Crippen LogP) is 4.70. The summed E-state index contributed by atoms with van der Waals surface area (Å²) in [5.41, 5.74) is 2.10. The lowest BCUT2D eigenvalue weighted by Gasteiger charge is -2.13. The lowest BCUT2D eigenvalue weighted by Crippen LogP contribution is -2.30. The van der Waals surface area contributed by atoms with Gasteiger partial charge in [-0.05, 0) is 37.5 Å². The number of anilines is 1. The smallest absolute Gasteiger partial charge is 0.195 e. The summed E-state index contributed by atoms with van der Waals surface area (Å²) in [6, 6.07) is 15.9. The van der Waals surface area contributed by atoms with Crippen molar-refractivity contribution in [3.05, 3.63) is 54.1 Å². The molecule has 0 radical (unpaired) electrons. The van der Waals surface area contributed by atoms with Crippen LogP contribution in [0.3, 0.4) is 0 Å². The first-order valence-corrected chi connectivity index (χ1v) is 9.65. The first-order chi connectivity index (χ1) is 13.8. The molecular weight excluding hydrogens is 481 g/mol. The van der Waals surface area contributed by atoms with Crippen molar-refractivity contribution in [2.45, 2.75) is 26.4 Å². The normalized spacial score (nSPS) is 10.8. The molecule has 2 N–H and O–H groups in total. The van der Waals surface area contributed by atoms with E-state index in [0.29, 0.717) is 18.1 Å². The number of nitrogens with one attached hydrogen (secondary N) is 2. The summed E-state index contributed by atoms with van der Waals surface area (Å²) in [6.45, 7) is 4.97. The second-order valence-electron chi connectivity index (χ2n) is 6.20. The van der Waals surface area contributed by atoms with Gasteiger partial charge in [0.1, 0.15) is 0 Å². The van der Waals surface area contributed by atoms with Crippen LogP contribution in [0.25, 0.3) is 0 Å². The third-order valence-corrected chi connectivity index (χ3v) is 4.07. The van der Waals surface area contributed by atoms with E-state index in [1.165, 1.54) is 5.56 Å². The van der Waals surface area contributed by atoms with Gasteiger partial charge in [0.25, 0.3) is 0 Å². The predicted molar refractivity (Wildman–Crippen MR) is 130 cm³/mol. The summed E-state index contributed by atoms with van der Waals surface area (Å²) in [7, 11) is 3.25. The third kappa shape index (κ3) is 9.36. The van der Waals surface area contributed by atoms with Crippen molar-refractivity contribution in [1.82, 2.24) is 5.32 Å². The Kier molecular flexibility index (Phi) is 12.9. The maximum Gasteiger partial charge on any atom is 0.195 e. The lowest BCUT2D eigenvalue weighted by atomic mass is 10.2. The van der Waals surface area contributed by atoms with Gasteiger partial charge >= 0.3 is 0 Å². The van der Waals surface area contributed by atoms with Crippen LogP contribution in [0, 0.1) is 0 Å². The maximum absolute atomic E-state index is 5.71. The van der Waals surface area contributed by atoms with Crippen LogP contribution < -0.4 is 20.1 Å². The maximum atomic E-state index is 5.71. The Labute approximate surface area is 191 Å². The van der Waals surface area contributed by atoms with Crippen LogP contribution >= 0.6 is 24.0 Å². The fourth-order valence-corrected chi connectivity index (χ4v) is 2.63. The second kappa shape index (κ2) is 14.9. The van der Waals surface area contributed by atoms with Gasteiger partial charge in [0.2, 0.25) is 0 Å². The van der Waals surface area contributed by atoms with Gasteiger partial charge in [-0.1, -0.05) is 30.3 Å². The van der Waals surface area contributed by atoms with Gasteiger partial charge < -0.3 is 24.8 Å². The van der Waals surface area contributed by atoms with Crippen molar-refractivity contribution in [1.29, 1.82) is 0 Å². The largest absolute Gasteiger partial charge is 0.493 e. The molecule has 0 saturated carbocycles. The molecule has 0 aliphatic carbocycles. The minimum Gasteiger partial charge on any atom is -0.493 e. The van der Waals surface area contributed by atoms with Crippen LogP contribution in [0.1, 0.15) is 25.3 Å². The minimum atomic E-state index is 0. The molecule has 0 aliphatic rings. The highest BCUT2D eigenvalue weighted by Crippen LogP contribution is 2.29. The lowest BCUT2D eigenvalue weighted by molar-refractivity contribution is 0.117. The molecule has 0 atom stereocenters. The van der Waals surface area contributed by atoms with Gasteiger partial charge in [0, 0.05) is 31.5 Å². The number of guanidine groups is 1. The standard InChI is InChI=1S/C22H31N3O3.HI/c1-4-23-22(25-19-12-13-20(26-2)21(16-19)27-3)24-14-8-9-15-28-17-18-10-6-5-7-11-18;/h5-7,10-13,16H,4,8-9,14-15,17H2,1-3H3,(H2,23,24,25);1H. The number of ether oxygens (including phenoxy) is 3. The first-order valence-electron chi connectivity index (χ1n) is 9.65. The number of rotatable bonds is 11. The third-order valence-electron chi connectivity index (χ3n) is 4.07. The highest BCUT2D eigenvalue weighted by atomic mass is 127. The Bertz CT molecular complexity index is 726. The van der Waals surface area contributed by atoms with Gasteiger partial charge in [-0.15, -0.1) is 24.0 Å². The van der Waals surface area contributed by atoms with E-state index in [1.807, 2.05) is 43.3 Å². The van der Waals surface area contributed by atoms with E-state index in [1.54, 1.807) is 14.2 Å². The van der Waals surface area contributed by atoms with Crippen molar-refractivity contribution in [3.63, 3.8) is 0 Å². The Morgan fingerprint density at radius 3 is 2.41 bits per heavy atom. The van der Waals surface area contributed by atoms with E-state index in [4.69, 9.17) is 14.2 Å². The SMILES string of the molecule is CCNC(=NCCCCOCc1ccccc1)Nc1ccc(OC)c(OC)c1.I. The average molecular weight is 513 g/mol. The molecule has 2 rings (SSSR count). The van der Waals surface area contributed by atoms with Crippen molar-refractivity contribution < 1.29 is 14.2 Å². The Balaban J connectivity index is 0.00000420. The average Bonchev–Trinajstić information content (AvgIpc) is 2.73. The zero-order valence-corrected chi connectivity index (χ0v) is 19.8. The van der Waals surface area contributed by atoms with E-state index < -0.39 is 0 Å². The molecule has 6 nitrogen and oxygen atoms in total. The van der Waals surface area contributed by atoms with E-state index >= 15 is 0 Å².